The van der Waals surface area contributed by atoms with Gasteiger partial charge in [0.2, 0.25) is 29.4 Å². The molecule has 4 aliphatic heterocycles. The third kappa shape index (κ3) is 12.9. The van der Waals surface area contributed by atoms with Gasteiger partial charge in [-0.15, -0.1) is 0 Å². The van der Waals surface area contributed by atoms with Crippen LogP contribution in [0.15, 0.2) is 54.6 Å². The predicted molar refractivity (Wildman–Crippen MR) is 296 cm³/mol. The second-order valence-corrected chi connectivity index (χ2v) is 21.8. The van der Waals surface area contributed by atoms with Gasteiger partial charge in [-0.2, -0.15) is 0 Å². The molecule has 3 aromatic carbocycles. The quantitative estimate of drug-likeness (QED) is 0.0306. The van der Waals surface area contributed by atoms with Crippen molar-refractivity contribution in [3.8, 4) is 17.2 Å². The molecule has 28 nitrogen and oxygen atoms in total. The summed E-state index contributed by atoms with van der Waals surface area (Å²) in [5.74, 6) is -8.08. The summed E-state index contributed by atoms with van der Waals surface area (Å²) in [5, 5.41) is 51.7. The Labute approximate surface area is 492 Å². The van der Waals surface area contributed by atoms with Gasteiger partial charge in [0.1, 0.15) is 47.6 Å². The number of aromatic hydroxyl groups is 2. The van der Waals surface area contributed by atoms with E-state index in [1.54, 1.807) is 45.0 Å². The summed E-state index contributed by atoms with van der Waals surface area (Å²) in [7, 11) is 2.82. The van der Waals surface area contributed by atoms with Gasteiger partial charge in [-0.25, -0.2) is 4.79 Å². The van der Waals surface area contributed by atoms with Gasteiger partial charge in [-0.3, -0.25) is 53.0 Å². The monoisotopic (exact) mass is 1200 g/mol. The molecule has 9 N–H and O–H groups in total. The van der Waals surface area contributed by atoms with E-state index in [1.807, 2.05) is 0 Å². The zero-order valence-electron chi connectivity index (χ0n) is 47.9. The minimum atomic E-state index is -2.46. The Kier molecular flexibility index (Phi) is 18.8. The molecule has 0 unspecified atom stereocenters. The maximum atomic E-state index is 14.3. The van der Waals surface area contributed by atoms with Crippen LogP contribution < -0.4 is 36.6 Å². The van der Waals surface area contributed by atoms with E-state index in [-0.39, 0.29) is 79.0 Å². The Hall–Kier alpha value is -8.38. The fourth-order valence-electron chi connectivity index (χ4n) is 11.4. The molecule has 0 spiro atoms. The maximum Gasteiger partial charge on any atom is 0.407 e. The molecular weight excluding hydrogens is 1130 g/mol. The van der Waals surface area contributed by atoms with Gasteiger partial charge in [0.25, 0.3) is 17.7 Å². The summed E-state index contributed by atoms with van der Waals surface area (Å²) in [6, 6.07) is 8.26. The second kappa shape index (κ2) is 26.1. The van der Waals surface area contributed by atoms with E-state index in [9.17, 15) is 63.3 Å². The normalized spacial score (nSPS) is 24.5. The first-order valence-electron chi connectivity index (χ1n) is 28.0. The number of benzene rings is 3. The van der Waals surface area contributed by atoms with Gasteiger partial charge >= 0.3 is 6.09 Å². The Morgan fingerprint density at radius 2 is 1.53 bits per heavy atom. The Morgan fingerprint density at radius 3 is 2.23 bits per heavy atom. The van der Waals surface area contributed by atoms with Crippen molar-refractivity contribution in [1.29, 1.82) is 0 Å². The van der Waals surface area contributed by atoms with Crippen LogP contribution in [0.5, 0.6) is 17.2 Å². The smallest absolute Gasteiger partial charge is 0.407 e. The summed E-state index contributed by atoms with van der Waals surface area (Å²) in [6.07, 6.45) is -4.69. The predicted octanol–water partition coefficient (Wildman–Crippen LogP) is 0.208. The van der Waals surface area contributed by atoms with Crippen molar-refractivity contribution >= 4 is 64.7 Å². The number of hydrogen-bond donors (Lipinski definition) is 9. The number of nitrogens with one attached hydrogen (secondary N) is 6. The highest BCUT2D eigenvalue weighted by molar-refractivity contribution is 6.31. The number of ketones is 2. The number of nitrogens with zero attached hydrogens (tertiary/aromatic N) is 2. The Bertz CT molecular complexity index is 3230. The zero-order chi connectivity index (χ0) is 61.9. The molecule has 10 atom stereocenters. The van der Waals surface area contributed by atoms with Crippen molar-refractivity contribution < 1.29 is 96.4 Å². The number of amides is 8. The molecule has 3 fully saturated rings. The average molecular weight is 1200 g/mol. The highest BCUT2D eigenvalue weighted by Gasteiger charge is 2.55. The summed E-state index contributed by atoms with van der Waals surface area (Å²) in [6.45, 7) is 6.26. The van der Waals surface area contributed by atoms with Gasteiger partial charge in [0, 0.05) is 99.5 Å². The van der Waals surface area contributed by atoms with Crippen molar-refractivity contribution in [2.45, 2.75) is 121 Å². The van der Waals surface area contributed by atoms with Crippen LogP contribution in [-0.2, 0) is 75.0 Å². The topological polar surface area (TPSA) is 375 Å². The van der Waals surface area contributed by atoms with Crippen LogP contribution in [-0.4, -0.2) is 192 Å². The lowest BCUT2D eigenvalue weighted by atomic mass is 9.72. The van der Waals surface area contributed by atoms with Crippen LogP contribution in [0.3, 0.4) is 0 Å². The van der Waals surface area contributed by atoms with E-state index in [2.05, 4.69) is 36.8 Å². The van der Waals surface area contributed by atoms with E-state index in [4.69, 9.17) is 33.2 Å². The number of alkyl carbamates (subject to hydrolysis) is 1. The van der Waals surface area contributed by atoms with Crippen LogP contribution in [0.2, 0.25) is 0 Å². The van der Waals surface area contributed by atoms with Crippen molar-refractivity contribution in [2.24, 2.45) is 5.92 Å². The highest BCUT2D eigenvalue weighted by atomic mass is 16.7. The number of fused-ring (bicyclic) bond motifs is 6. The number of hydrogen-bond acceptors (Lipinski definition) is 21. The van der Waals surface area contributed by atoms with Crippen LogP contribution in [0, 0.1) is 5.92 Å². The summed E-state index contributed by atoms with van der Waals surface area (Å²) >= 11 is 0. The number of anilines is 1. The molecule has 0 bridgehead atoms. The van der Waals surface area contributed by atoms with E-state index < -0.39 is 156 Å². The highest BCUT2D eigenvalue weighted by Crippen LogP contribution is 2.53. The minimum absolute atomic E-state index is 0.0531. The number of methoxy groups -OCH3 is 2. The molecule has 0 saturated carbocycles. The van der Waals surface area contributed by atoms with Crippen molar-refractivity contribution in [2.75, 3.05) is 58.9 Å². The lowest BCUT2D eigenvalue weighted by Crippen LogP contribution is -2.55. The molecule has 28 heteroatoms. The van der Waals surface area contributed by atoms with E-state index in [0.717, 1.165) is 17.1 Å². The fourth-order valence-corrected chi connectivity index (χ4v) is 11.4. The minimum Gasteiger partial charge on any atom is -0.507 e. The molecule has 8 amide bonds. The second-order valence-electron chi connectivity index (χ2n) is 21.8. The molecule has 4 heterocycles. The van der Waals surface area contributed by atoms with Gasteiger partial charge in [0.15, 0.2) is 24.6 Å². The largest absolute Gasteiger partial charge is 0.507 e. The van der Waals surface area contributed by atoms with Crippen molar-refractivity contribution in [1.82, 2.24) is 36.4 Å². The molecule has 2 aliphatic carbocycles. The van der Waals surface area contributed by atoms with Gasteiger partial charge < -0.3 is 80.4 Å². The number of carbonyl (C=O) groups excluding carboxylic acids is 10. The van der Waals surface area contributed by atoms with E-state index in [1.165, 1.54) is 39.3 Å². The van der Waals surface area contributed by atoms with Crippen LogP contribution in [0.4, 0.5) is 10.5 Å². The van der Waals surface area contributed by atoms with Crippen LogP contribution >= 0.6 is 0 Å². The first kappa shape index (κ1) is 62.2. The average Bonchev–Trinajstić information content (AvgIpc) is 0.913. The van der Waals surface area contributed by atoms with Crippen LogP contribution in [0.25, 0.3) is 0 Å². The maximum absolute atomic E-state index is 14.3. The third-order valence-corrected chi connectivity index (χ3v) is 15.8. The number of imide groups is 1. The van der Waals surface area contributed by atoms with Gasteiger partial charge in [-0.05, 0) is 43.5 Å². The number of morpholine rings is 1. The number of rotatable bonds is 21. The summed E-state index contributed by atoms with van der Waals surface area (Å²) in [5.41, 5.74) is -3.27. The number of phenolic OH excluding ortho intramolecular Hbond substituents is 2. The summed E-state index contributed by atoms with van der Waals surface area (Å²) < 4.78 is 41.2. The third-order valence-electron chi connectivity index (χ3n) is 15.8. The molecule has 6 aliphatic rings. The molecule has 0 radical (unpaired) electrons. The number of aliphatic hydroxyl groups is 1. The lowest BCUT2D eigenvalue weighted by Gasteiger charge is -2.43. The first-order chi connectivity index (χ1) is 41.0. The molecule has 460 valence electrons. The number of ether oxygens (including phenoxy) is 7. The lowest BCUT2D eigenvalue weighted by molar-refractivity contribution is -0.256. The van der Waals surface area contributed by atoms with Crippen LogP contribution in [0.1, 0.15) is 102 Å². The SMILES string of the molecule is COc1cccc2c1C(=O)c1c(O)c3c(c(O)c1C2=O)C[C@@](O)(C(=O)NCC(=O)NCCNC(=O)OCc1ccc(NC(=O)[C@H](C)NC(=O)[C@@H](NC(=O)CCN2C(=O)C=CC2=O)C(C)C)cc1)C[C@@H]3O[C@H]1C[C@H]2[C@H](O[C@@H]3[C@@H](OC)OCCN32)[C@H](C)O1. The Morgan fingerprint density at radius 1 is 0.826 bits per heavy atom. The van der Waals surface area contributed by atoms with Crippen molar-refractivity contribution in [3.63, 3.8) is 0 Å². The number of phenols is 2. The fraction of sp³-hybridized carbons (Fsp3) is 0.483. The molecular formula is C58H68N8O20. The molecule has 3 aromatic rings. The zero-order valence-corrected chi connectivity index (χ0v) is 47.9. The van der Waals surface area contributed by atoms with Gasteiger partial charge in [-0.1, -0.05) is 38.1 Å². The first-order valence-corrected chi connectivity index (χ1v) is 28.0. The van der Waals surface area contributed by atoms with Gasteiger partial charge in [0.05, 0.1) is 49.2 Å². The van der Waals surface area contributed by atoms with Crippen molar-refractivity contribution in [3.05, 3.63) is 93.6 Å². The molecule has 86 heavy (non-hydrogen) atoms. The van der Waals surface area contributed by atoms with E-state index >= 15 is 0 Å². The molecule has 0 aromatic heterocycles. The van der Waals surface area contributed by atoms with E-state index in [0.29, 0.717) is 24.4 Å². The Balaban J connectivity index is 0.757. The standard InChI is InChI=1S/C58H68N8O20/c1-27(2)46(64-37(67)16-19-66-39(69)14-15-40(66)70)53(76)62-28(3)52(75)63-31-12-10-30(11-13-31)26-83-57(78)60-18-17-59-38(68)25-61-56(77)58(79)23-33-43(50(74)45-44(48(33)72)47(71)32-8-7-9-35(80-5)42(32)49(45)73)36(24-58)85-41-22-34-51(29(4)84-41)86-54-55(81-6)82-21-20-65(34)54/h7-15,27-29,34,36,41,46,51,54-55,72,74,79H,16-26H2,1-6H3,(H,59,68)(H,60,78)(H,61,77)(H,62,76)(H,63,75)(H,64,67)/t28-,29-,34-,36-,41-,46-,51+,54+,55-,58-/m0/s1. The summed E-state index contributed by atoms with van der Waals surface area (Å²) in [4.78, 5) is 133. The number of carbonyl (C=O) groups is 10. The molecule has 9 rings (SSSR count). The molecule has 3 saturated heterocycles.